The Morgan fingerprint density at radius 3 is 2.67 bits per heavy atom. The maximum atomic E-state index is 5.85. The molecule has 0 aliphatic heterocycles. The molecular formula is C15H23BrN2. The average molecular weight is 311 g/mol. The molecular weight excluding hydrogens is 288 g/mol. The van der Waals surface area contributed by atoms with Crippen LogP contribution in [0.1, 0.15) is 31.7 Å². The molecule has 1 atom stereocenters. The quantitative estimate of drug-likeness (QED) is 0.900. The molecule has 1 aromatic rings. The lowest BCUT2D eigenvalue weighted by atomic mass is 9.85. The number of rotatable bonds is 5. The van der Waals surface area contributed by atoms with Crippen molar-refractivity contribution in [2.24, 2.45) is 11.7 Å². The van der Waals surface area contributed by atoms with Crippen LogP contribution in [0.5, 0.6) is 0 Å². The fraction of sp³-hybridized carbons (Fsp3) is 0.600. The summed E-state index contributed by atoms with van der Waals surface area (Å²) in [6.45, 7) is 3.22. The third-order valence-electron chi connectivity index (χ3n) is 3.78. The van der Waals surface area contributed by atoms with Crippen molar-refractivity contribution >= 4 is 21.6 Å². The number of hydrogen-bond donors (Lipinski definition) is 1. The van der Waals surface area contributed by atoms with Crippen molar-refractivity contribution in [3.8, 4) is 0 Å². The summed E-state index contributed by atoms with van der Waals surface area (Å²) in [5.74, 6) is 0.900. The average Bonchev–Trinajstić information content (AvgIpc) is 2.25. The molecule has 0 radical (unpaired) electrons. The molecule has 0 amide bonds. The van der Waals surface area contributed by atoms with Gasteiger partial charge in [0.1, 0.15) is 0 Å². The summed E-state index contributed by atoms with van der Waals surface area (Å²) < 4.78 is 1.18. The summed E-state index contributed by atoms with van der Waals surface area (Å²) >= 11 is 3.66. The van der Waals surface area contributed by atoms with Crippen molar-refractivity contribution < 1.29 is 0 Å². The minimum atomic E-state index is 0.208. The van der Waals surface area contributed by atoms with Crippen LogP contribution in [0.25, 0.3) is 0 Å². The predicted octanol–water partition coefficient (Wildman–Crippen LogP) is 3.58. The number of hydrogen-bond acceptors (Lipinski definition) is 2. The lowest BCUT2D eigenvalue weighted by molar-refractivity contribution is 0.321. The first-order valence-corrected chi connectivity index (χ1v) is 7.60. The second kappa shape index (κ2) is 6.07. The summed E-state index contributed by atoms with van der Waals surface area (Å²) in [4.78, 5) is 2.37. The van der Waals surface area contributed by atoms with Gasteiger partial charge in [-0.3, -0.25) is 0 Å². The monoisotopic (exact) mass is 310 g/mol. The highest BCUT2D eigenvalue weighted by Crippen LogP contribution is 2.30. The first kappa shape index (κ1) is 13.9. The maximum absolute atomic E-state index is 5.85. The summed E-state index contributed by atoms with van der Waals surface area (Å²) in [6.07, 6.45) is 5.13. The number of nitrogens with two attached hydrogens (primary N) is 1. The molecule has 2 nitrogen and oxygen atoms in total. The van der Waals surface area contributed by atoms with E-state index in [0.29, 0.717) is 0 Å². The van der Waals surface area contributed by atoms with Gasteiger partial charge in [0.05, 0.1) is 0 Å². The second-order valence-corrected chi connectivity index (χ2v) is 6.49. The zero-order valence-corrected chi connectivity index (χ0v) is 12.9. The van der Waals surface area contributed by atoms with E-state index in [2.05, 4.69) is 46.1 Å². The molecule has 3 heteroatoms. The van der Waals surface area contributed by atoms with Gasteiger partial charge < -0.3 is 10.6 Å². The van der Waals surface area contributed by atoms with Gasteiger partial charge in [0.2, 0.25) is 0 Å². The molecule has 2 N–H and O–H groups in total. The van der Waals surface area contributed by atoms with Gasteiger partial charge in [0, 0.05) is 29.8 Å². The van der Waals surface area contributed by atoms with E-state index >= 15 is 0 Å². The zero-order valence-electron chi connectivity index (χ0n) is 11.3. The minimum Gasteiger partial charge on any atom is -0.374 e. The summed E-state index contributed by atoms with van der Waals surface area (Å²) in [5, 5.41) is 0. The predicted molar refractivity (Wildman–Crippen MR) is 82.1 cm³/mol. The van der Waals surface area contributed by atoms with E-state index in [1.807, 2.05) is 6.92 Å². The van der Waals surface area contributed by atoms with Gasteiger partial charge in [0.15, 0.2) is 0 Å². The molecule has 100 valence electrons. The van der Waals surface area contributed by atoms with Gasteiger partial charge >= 0.3 is 0 Å². The highest BCUT2D eigenvalue weighted by Gasteiger charge is 2.19. The molecule has 1 aliphatic carbocycles. The molecule has 1 fully saturated rings. The molecule has 0 spiro atoms. The Balaban J connectivity index is 2.02. The third-order valence-corrected chi connectivity index (χ3v) is 4.51. The van der Waals surface area contributed by atoms with Crippen molar-refractivity contribution in [3.63, 3.8) is 0 Å². The topological polar surface area (TPSA) is 29.3 Å². The lowest BCUT2D eigenvalue weighted by Crippen LogP contribution is -2.29. The van der Waals surface area contributed by atoms with Crippen LogP contribution in [0.4, 0.5) is 5.69 Å². The van der Waals surface area contributed by atoms with Gasteiger partial charge in [-0.05, 0) is 49.8 Å². The molecule has 0 saturated heterocycles. The number of halogens is 1. The zero-order chi connectivity index (χ0) is 13.1. The normalized spacial score (nSPS) is 17.3. The number of anilines is 1. The van der Waals surface area contributed by atoms with Crippen molar-refractivity contribution in [2.45, 2.75) is 38.6 Å². The Kier molecular flexibility index (Phi) is 4.68. The van der Waals surface area contributed by atoms with E-state index in [9.17, 15) is 0 Å². The molecule has 18 heavy (non-hydrogen) atoms. The number of nitrogens with zero attached hydrogens (tertiary/aromatic N) is 1. The van der Waals surface area contributed by atoms with Gasteiger partial charge in [-0.15, -0.1) is 0 Å². The molecule has 1 unspecified atom stereocenters. The Bertz CT molecular complexity index is 399. The Labute approximate surface area is 119 Å². The Morgan fingerprint density at radius 1 is 1.44 bits per heavy atom. The van der Waals surface area contributed by atoms with Crippen LogP contribution >= 0.6 is 15.9 Å². The Hall–Kier alpha value is -0.540. The fourth-order valence-electron chi connectivity index (χ4n) is 2.45. The minimum absolute atomic E-state index is 0.208. The van der Waals surface area contributed by atoms with Crippen molar-refractivity contribution in [1.29, 1.82) is 0 Å². The largest absolute Gasteiger partial charge is 0.374 e. The highest BCUT2D eigenvalue weighted by atomic mass is 79.9. The molecule has 1 aromatic carbocycles. The van der Waals surface area contributed by atoms with Gasteiger partial charge in [0.25, 0.3) is 0 Å². The van der Waals surface area contributed by atoms with Crippen molar-refractivity contribution in [2.75, 3.05) is 18.5 Å². The van der Waals surface area contributed by atoms with Gasteiger partial charge in [-0.25, -0.2) is 0 Å². The highest BCUT2D eigenvalue weighted by molar-refractivity contribution is 9.10. The van der Waals surface area contributed by atoms with Crippen LogP contribution in [0, 0.1) is 5.92 Å². The third kappa shape index (κ3) is 3.48. The van der Waals surface area contributed by atoms with E-state index in [0.717, 1.165) is 12.3 Å². The van der Waals surface area contributed by atoms with Gasteiger partial charge in [-0.1, -0.05) is 28.4 Å². The summed E-state index contributed by atoms with van der Waals surface area (Å²) in [7, 11) is 2.19. The number of benzene rings is 1. The molecule has 0 heterocycles. The Morgan fingerprint density at radius 2 is 2.17 bits per heavy atom. The van der Waals surface area contributed by atoms with Gasteiger partial charge in [-0.2, -0.15) is 0 Å². The van der Waals surface area contributed by atoms with Crippen molar-refractivity contribution in [1.82, 2.24) is 0 Å². The second-order valence-electron chi connectivity index (χ2n) is 5.63. The standard InChI is InChI=1S/C15H23BrN2/c1-11(17)8-13-6-7-14(9-15(13)16)18(2)10-12-4-3-5-12/h6-7,9,11-12H,3-5,8,10,17H2,1-2H3. The van der Waals surface area contributed by atoms with E-state index in [4.69, 9.17) is 5.73 Å². The van der Waals surface area contributed by atoms with Crippen LogP contribution in [0.3, 0.4) is 0 Å². The van der Waals surface area contributed by atoms with E-state index in [1.54, 1.807) is 0 Å². The van der Waals surface area contributed by atoms with E-state index in [-0.39, 0.29) is 6.04 Å². The molecule has 2 rings (SSSR count). The van der Waals surface area contributed by atoms with Crippen LogP contribution in [-0.2, 0) is 6.42 Å². The van der Waals surface area contributed by atoms with Crippen LogP contribution in [0.15, 0.2) is 22.7 Å². The molecule has 1 saturated carbocycles. The summed E-state index contributed by atoms with van der Waals surface area (Å²) in [5.41, 5.74) is 8.44. The lowest BCUT2D eigenvalue weighted by Gasteiger charge is -2.31. The summed E-state index contributed by atoms with van der Waals surface area (Å²) in [6, 6.07) is 6.83. The smallest absolute Gasteiger partial charge is 0.0375 e. The van der Waals surface area contributed by atoms with E-state index < -0.39 is 0 Å². The van der Waals surface area contributed by atoms with Crippen molar-refractivity contribution in [3.05, 3.63) is 28.2 Å². The van der Waals surface area contributed by atoms with Crippen LogP contribution in [0.2, 0.25) is 0 Å². The van der Waals surface area contributed by atoms with Crippen LogP contribution in [-0.4, -0.2) is 19.6 Å². The van der Waals surface area contributed by atoms with E-state index in [1.165, 1.54) is 41.5 Å². The van der Waals surface area contributed by atoms with Crippen LogP contribution < -0.4 is 10.6 Å². The maximum Gasteiger partial charge on any atom is 0.0375 e. The molecule has 1 aliphatic rings. The fourth-order valence-corrected chi connectivity index (χ4v) is 2.98. The first-order chi connectivity index (χ1) is 8.56. The molecule has 0 bridgehead atoms. The SMILES string of the molecule is CC(N)Cc1ccc(N(C)CC2CCC2)cc1Br. The molecule has 0 aromatic heterocycles. The first-order valence-electron chi connectivity index (χ1n) is 6.81.